The van der Waals surface area contributed by atoms with E-state index in [1.165, 1.54) is 0 Å². The summed E-state index contributed by atoms with van der Waals surface area (Å²) in [5, 5.41) is 5.07. The van der Waals surface area contributed by atoms with Crippen molar-refractivity contribution < 1.29 is 9.53 Å². The van der Waals surface area contributed by atoms with Gasteiger partial charge in [0.25, 0.3) is 0 Å². The summed E-state index contributed by atoms with van der Waals surface area (Å²) in [6, 6.07) is 17.0. The number of rotatable bonds is 3. The number of nitrogens with zero attached hydrogens (tertiary/aromatic N) is 3. The van der Waals surface area contributed by atoms with Gasteiger partial charge in [-0.3, -0.25) is 0 Å². The van der Waals surface area contributed by atoms with Gasteiger partial charge in [0.2, 0.25) is 5.90 Å². The molecule has 0 atom stereocenters. The Kier molecular flexibility index (Phi) is 4.38. The SMILES string of the molecule is Cc1nn(-c2ccccc2)c(C)c1/C=C1\N=C(c2ccccc2Cl)OC1=O. The smallest absolute Gasteiger partial charge is 0.363 e. The predicted molar refractivity (Wildman–Crippen MR) is 105 cm³/mol. The lowest BCUT2D eigenvalue weighted by molar-refractivity contribution is -0.129. The Balaban J connectivity index is 1.75. The first-order valence-corrected chi connectivity index (χ1v) is 8.81. The number of aryl methyl sites for hydroxylation is 1. The van der Waals surface area contributed by atoms with Crippen molar-refractivity contribution in [2.45, 2.75) is 13.8 Å². The maximum Gasteiger partial charge on any atom is 0.363 e. The second kappa shape index (κ2) is 6.85. The van der Waals surface area contributed by atoms with E-state index in [0.717, 1.165) is 22.6 Å². The highest BCUT2D eigenvalue weighted by molar-refractivity contribution is 6.34. The number of cyclic esters (lactones) is 1. The average Bonchev–Trinajstić information content (AvgIpc) is 3.17. The minimum atomic E-state index is -0.504. The summed E-state index contributed by atoms with van der Waals surface area (Å²) in [4.78, 5) is 16.6. The molecular formula is C21H16ClN3O2. The number of benzene rings is 2. The highest BCUT2D eigenvalue weighted by Crippen LogP contribution is 2.26. The maximum absolute atomic E-state index is 12.3. The molecule has 0 spiro atoms. The van der Waals surface area contributed by atoms with Crippen LogP contribution in [0.3, 0.4) is 0 Å². The quantitative estimate of drug-likeness (QED) is 0.499. The van der Waals surface area contributed by atoms with Crippen molar-refractivity contribution in [1.82, 2.24) is 9.78 Å². The molecule has 0 N–H and O–H groups in total. The van der Waals surface area contributed by atoms with Crippen LogP contribution in [-0.4, -0.2) is 21.6 Å². The molecule has 3 aromatic rings. The van der Waals surface area contributed by atoms with E-state index in [0.29, 0.717) is 10.6 Å². The van der Waals surface area contributed by atoms with Gasteiger partial charge in [0.1, 0.15) is 0 Å². The van der Waals surface area contributed by atoms with E-state index >= 15 is 0 Å². The number of halogens is 1. The first-order chi connectivity index (χ1) is 13.0. The van der Waals surface area contributed by atoms with E-state index in [9.17, 15) is 4.79 Å². The number of carbonyl (C=O) groups is 1. The molecule has 6 heteroatoms. The van der Waals surface area contributed by atoms with Gasteiger partial charge in [0.15, 0.2) is 5.70 Å². The molecule has 1 aromatic heterocycles. The first-order valence-electron chi connectivity index (χ1n) is 8.43. The van der Waals surface area contributed by atoms with Crippen LogP contribution in [-0.2, 0) is 9.53 Å². The molecule has 5 nitrogen and oxygen atoms in total. The molecule has 27 heavy (non-hydrogen) atoms. The largest absolute Gasteiger partial charge is 0.402 e. The third kappa shape index (κ3) is 3.17. The van der Waals surface area contributed by atoms with Crippen molar-refractivity contribution in [3.8, 4) is 5.69 Å². The molecule has 0 radical (unpaired) electrons. The number of para-hydroxylation sites is 1. The number of ether oxygens (including phenoxy) is 1. The fourth-order valence-corrected chi connectivity index (χ4v) is 3.20. The zero-order valence-electron chi connectivity index (χ0n) is 14.8. The van der Waals surface area contributed by atoms with Crippen LogP contribution in [0.15, 0.2) is 65.3 Å². The van der Waals surface area contributed by atoms with E-state index in [-0.39, 0.29) is 11.6 Å². The van der Waals surface area contributed by atoms with E-state index in [1.807, 2.05) is 61.0 Å². The van der Waals surface area contributed by atoms with E-state index in [4.69, 9.17) is 16.3 Å². The summed E-state index contributed by atoms with van der Waals surface area (Å²) in [7, 11) is 0. The predicted octanol–water partition coefficient (Wildman–Crippen LogP) is 4.49. The van der Waals surface area contributed by atoms with E-state index < -0.39 is 5.97 Å². The lowest BCUT2D eigenvalue weighted by Gasteiger charge is -2.03. The summed E-state index contributed by atoms with van der Waals surface area (Å²) in [5.41, 5.74) is 4.33. The molecule has 0 saturated heterocycles. The van der Waals surface area contributed by atoms with Gasteiger partial charge in [-0.15, -0.1) is 0 Å². The van der Waals surface area contributed by atoms with Gasteiger partial charge in [0.05, 0.1) is 22.0 Å². The molecular weight excluding hydrogens is 362 g/mol. The zero-order chi connectivity index (χ0) is 19.0. The molecule has 0 unspecified atom stereocenters. The molecule has 134 valence electrons. The molecule has 0 bridgehead atoms. The lowest BCUT2D eigenvalue weighted by atomic mass is 10.1. The Morgan fingerprint density at radius 2 is 1.74 bits per heavy atom. The number of carbonyl (C=O) groups excluding carboxylic acids is 1. The van der Waals surface area contributed by atoms with Crippen molar-refractivity contribution in [3.63, 3.8) is 0 Å². The standard InChI is InChI=1S/C21H16ClN3O2/c1-13-17(14(2)25(24-13)15-8-4-3-5-9-15)12-19-21(26)27-20(23-19)16-10-6-7-11-18(16)22/h3-12H,1-2H3/b19-12-. The Bertz CT molecular complexity index is 1100. The summed E-state index contributed by atoms with van der Waals surface area (Å²) < 4.78 is 7.16. The highest BCUT2D eigenvalue weighted by Gasteiger charge is 2.26. The van der Waals surface area contributed by atoms with E-state index in [2.05, 4.69) is 10.1 Å². The Hall–Kier alpha value is -3.18. The van der Waals surface area contributed by atoms with Crippen molar-refractivity contribution >= 4 is 29.5 Å². The molecule has 1 aliphatic rings. The van der Waals surface area contributed by atoms with Crippen LogP contribution in [0, 0.1) is 13.8 Å². The molecule has 1 aliphatic heterocycles. The molecule has 4 rings (SSSR count). The number of esters is 1. The molecule has 0 amide bonds. The molecule has 0 saturated carbocycles. The van der Waals surface area contributed by atoms with Crippen LogP contribution in [0.4, 0.5) is 0 Å². The van der Waals surface area contributed by atoms with Crippen molar-refractivity contribution in [2.75, 3.05) is 0 Å². The average molecular weight is 378 g/mol. The lowest BCUT2D eigenvalue weighted by Crippen LogP contribution is -2.05. The van der Waals surface area contributed by atoms with Crippen LogP contribution in [0.1, 0.15) is 22.5 Å². The third-order valence-electron chi connectivity index (χ3n) is 4.35. The molecule has 0 fully saturated rings. The van der Waals surface area contributed by atoms with Gasteiger partial charge in [-0.25, -0.2) is 14.5 Å². The topological polar surface area (TPSA) is 56.5 Å². The van der Waals surface area contributed by atoms with E-state index in [1.54, 1.807) is 18.2 Å². The molecule has 2 aromatic carbocycles. The summed E-state index contributed by atoms with van der Waals surface area (Å²) in [6.07, 6.45) is 1.71. The van der Waals surface area contributed by atoms with Gasteiger partial charge in [-0.1, -0.05) is 41.9 Å². The van der Waals surface area contributed by atoms with Crippen LogP contribution >= 0.6 is 11.6 Å². The Morgan fingerprint density at radius 3 is 2.48 bits per heavy atom. The van der Waals surface area contributed by atoms with Crippen LogP contribution in [0.5, 0.6) is 0 Å². The summed E-state index contributed by atoms with van der Waals surface area (Å²) in [6.45, 7) is 3.86. The monoisotopic (exact) mass is 377 g/mol. The maximum atomic E-state index is 12.3. The van der Waals surface area contributed by atoms with Crippen LogP contribution in [0.2, 0.25) is 5.02 Å². The minimum absolute atomic E-state index is 0.211. The van der Waals surface area contributed by atoms with Crippen LogP contribution in [0.25, 0.3) is 11.8 Å². The fraction of sp³-hybridized carbons (Fsp3) is 0.0952. The van der Waals surface area contributed by atoms with Crippen molar-refractivity contribution in [1.29, 1.82) is 0 Å². The third-order valence-corrected chi connectivity index (χ3v) is 4.68. The van der Waals surface area contributed by atoms with Crippen molar-refractivity contribution in [2.24, 2.45) is 4.99 Å². The van der Waals surface area contributed by atoms with Gasteiger partial charge in [-0.05, 0) is 44.2 Å². The second-order valence-electron chi connectivity index (χ2n) is 6.15. The van der Waals surface area contributed by atoms with Gasteiger partial charge < -0.3 is 4.74 Å². The minimum Gasteiger partial charge on any atom is -0.402 e. The Labute approximate surface area is 161 Å². The molecule has 2 heterocycles. The van der Waals surface area contributed by atoms with Gasteiger partial charge >= 0.3 is 5.97 Å². The Morgan fingerprint density at radius 1 is 1.04 bits per heavy atom. The molecule has 0 aliphatic carbocycles. The van der Waals surface area contributed by atoms with Gasteiger partial charge in [-0.2, -0.15) is 5.10 Å². The first kappa shape index (κ1) is 17.2. The van der Waals surface area contributed by atoms with Crippen LogP contribution < -0.4 is 0 Å². The fourth-order valence-electron chi connectivity index (χ4n) is 2.98. The number of aliphatic imine (C=N–C) groups is 1. The normalized spacial score (nSPS) is 15.1. The van der Waals surface area contributed by atoms with Gasteiger partial charge in [0, 0.05) is 11.3 Å². The number of hydrogen-bond donors (Lipinski definition) is 0. The number of aromatic nitrogens is 2. The number of hydrogen-bond acceptors (Lipinski definition) is 4. The second-order valence-corrected chi connectivity index (χ2v) is 6.55. The zero-order valence-corrected chi connectivity index (χ0v) is 15.6. The van der Waals surface area contributed by atoms with Crippen molar-refractivity contribution in [3.05, 3.63) is 87.8 Å². The highest BCUT2D eigenvalue weighted by atomic mass is 35.5. The summed E-state index contributed by atoms with van der Waals surface area (Å²) >= 11 is 6.18. The summed E-state index contributed by atoms with van der Waals surface area (Å²) in [5.74, 6) is -0.293.